The Labute approximate surface area is 119 Å². The van der Waals surface area contributed by atoms with Gasteiger partial charge in [-0.3, -0.25) is 0 Å². The molecule has 0 aromatic heterocycles. The van der Waals surface area contributed by atoms with Gasteiger partial charge < -0.3 is 15.4 Å². The maximum Gasteiger partial charge on any atom is 0.407 e. The molecule has 1 aliphatic heterocycles. The molecule has 1 amide bonds. The van der Waals surface area contributed by atoms with E-state index in [-0.39, 0.29) is 12.1 Å². The molecule has 1 heterocycles. The molecule has 0 unspecified atom stereocenters. The van der Waals surface area contributed by atoms with Crippen molar-refractivity contribution in [2.24, 2.45) is 11.8 Å². The molecule has 2 fully saturated rings. The molecule has 1 aliphatic carbocycles. The average molecular weight is 274 g/mol. The molecule has 3 rings (SSSR count). The van der Waals surface area contributed by atoms with E-state index >= 15 is 0 Å². The van der Waals surface area contributed by atoms with Gasteiger partial charge in [0.05, 0.1) is 0 Å². The number of fused-ring (bicyclic) bond motifs is 1. The molecule has 1 saturated heterocycles. The molecular weight excluding hydrogens is 252 g/mol. The lowest BCUT2D eigenvalue weighted by atomic mass is 9.90. The molecule has 1 aromatic carbocycles. The third kappa shape index (κ3) is 3.31. The Balaban J connectivity index is 1.43. The zero-order chi connectivity index (χ0) is 13.8. The number of hydrogen-bond acceptors (Lipinski definition) is 3. The summed E-state index contributed by atoms with van der Waals surface area (Å²) >= 11 is 0. The van der Waals surface area contributed by atoms with Crippen molar-refractivity contribution < 1.29 is 9.53 Å². The van der Waals surface area contributed by atoms with Gasteiger partial charge in [-0.15, -0.1) is 0 Å². The second-order valence-corrected chi connectivity index (χ2v) is 5.89. The Bertz CT molecular complexity index is 435. The number of carbonyl (C=O) groups is 1. The summed E-state index contributed by atoms with van der Waals surface area (Å²) in [6.07, 6.45) is 3.14. The maximum absolute atomic E-state index is 11.8. The fraction of sp³-hybridized carbons (Fsp3) is 0.562. The number of piperidine rings is 1. The van der Waals surface area contributed by atoms with Gasteiger partial charge in [-0.05, 0) is 49.8 Å². The number of ether oxygens (including phenoxy) is 1. The highest BCUT2D eigenvalue weighted by molar-refractivity contribution is 5.67. The van der Waals surface area contributed by atoms with Gasteiger partial charge in [0.15, 0.2) is 0 Å². The van der Waals surface area contributed by atoms with Gasteiger partial charge in [-0.1, -0.05) is 30.3 Å². The van der Waals surface area contributed by atoms with Crippen LogP contribution in [0.15, 0.2) is 30.3 Å². The Morgan fingerprint density at radius 1 is 1.25 bits per heavy atom. The third-order valence-corrected chi connectivity index (χ3v) is 4.47. The summed E-state index contributed by atoms with van der Waals surface area (Å²) in [7, 11) is 0. The first-order chi connectivity index (χ1) is 9.81. The number of benzene rings is 1. The molecule has 3 atom stereocenters. The quantitative estimate of drug-likeness (QED) is 0.889. The van der Waals surface area contributed by atoms with Crippen molar-refractivity contribution >= 4 is 6.09 Å². The number of carbonyl (C=O) groups excluding carboxylic acids is 1. The van der Waals surface area contributed by atoms with Crippen molar-refractivity contribution in [3.8, 4) is 0 Å². The molecule has 108 valence electrons. The lowest BCUT2D eigenvalue weighted by Gasteiger charge is -2.25. The lowest BCUT2D eigenvalue weighted by Crippen LogP contribution is -2.34. The Kier molecular flexibility index (Phi) is 4.21. The monoisotopic (exact) mass is 274 g/mol. The van der Waals surface area contributed by atoms with Crippen LogP contribution in [0.4, 0.5) is 4.79 Å². The minimum absolute atomic E-state index is 0.285. The van der Waals surface area contributed by atoms with Crippen LogP contribution >= 0.6 is 0 Å². The number of amides is 1. The molecule has 0 bridgehead atoms. The summed E-state index contributed by atoms with van der Waals surface area (Å²) in [5, 5.41) is 6.45. The Hall–Kier alpha value is -1.55. The highest BCUT2D eigenvalue weighted by Gasteiger charge is 2.36. The zero-order valence-electron chi connectivity index (χ0n) is 11.7. The van der Waals surface area contributed by atoms with Crippen molar-refractivity contribution in [1.29, 1.82) is 0 Å². The van der Waals surface area contributed by atoms with Crippen LogP contribution in [0, 0.1) is 11.8 Å². The highest BCUT2D eigenvalue weighted by atomic mass is 16.5. The van der Waals surface area contributed by atoms with Crippen LogP contribution in [0.25, 0.3) is 0 Å². The third-order valence-electron chi connectivity index (χ3n) is 4.47. The first kappa shape index (κ1) is 13.4. The molecule has 4 heteroatoms. The van der Waals surface area contributed by atoms with E-state index in [4.69, 9.17) is 4.74 Å². The van der Waals surface area contributed by atoms with E-state index in [1.807, 2.05) is 30.3 Å². The molecule has 2 N–H and O–H groups in total. The molecule has 2 aliphatic rings. The van der Waals surface area contributed by atoms with Crippen molar-refractivity contribution in [3.05, 3.63) is 35.9 Å². The van der Waals surface area contributed by atoms with Crippen molar-refractivity contribution in [2.75, 3.05) is 13.1 Å². The number of nitrogens with one attached hydrogen (secondary N) is 2. The van der Waals surface area contributed by atoms with E-state index in [0.717, 1.165) is 43.3 Å². The van der Waals surface area contributed by atoms with Crippen molar-refractivity contribution in [1.82, 2.24) is 10.6 Å². The summed E-state index contributed by atoms with van der Waals surface area (Å²) in [6.45, 7) is 2.56. The van der Waals surface area contributed by atoms with E-state index in [1.165, 1.54) is 6.42 Å². The van der Waals surface area contributed by atoms with Crippen LogP contribution in [-0.2, 0) is 11.3 Å². The average Bonchev–Trinajstić information content (AvgIpc) is 2.88. The predicted octanol–water partition coefficient (Wildman–Crippen LogP) is 2.30. The van der Waals surface area contributed by atoms with E-state index in [9.17, 15) is 4.79 Å². The summed E-state index contributed by atoms with van der Waals surface area (Å²) in [5.41, 5.74) is 1.02. The van der Waals surface area contributed by atoms with Crippen molar-refractivity contribution in [3.63, 3.8) is 0 Å². The molecular formula is C16H22N2O2. The number of hydrogen-bond donors (Lipinski definition) is 2. The van der Waals surface area contributed by atoms with Gasteiger partial charge in [-0.25, -0.2) is 4.79 Å². The summed E-state index contributed by atoms with van der Waals surface area (Å²) < 4.78 is 5.28. The first-order valence-corrected chi connectivity index (χ1v) is 7.49. The molecule has 1 saturated carbocycles. The number of rotatable bonds is 3. The van der Waals surface area contributed by atoms with E-state index in [1.54, 1.807) is 0 Å². The smallest absolute Gasteiger partial charge is 0.407 e. The Morgan fingerprint density at radius 2 is 2.05 bits per heavy atom. The van der Waals surface area contributed by atoms with Crippen LogP contribution < -0.4 is 10.6 Å². The second kappa shape index (κ2) is 6.27. The van der Waals surface area contributed by atoms with Crippen LogP contribution in [0.5, 0.6) is 0 Å². The molecule has 20 heavy (non-hydrogen) atoms. The molecule has 0 radical (unpaired) electrons. The summed E-state index contributed by atoms with van der Waals surface area (Å²) in [6, 6.07) is 10.1. The van der Waals surface area contributed by atoms with Gasteiger partial charge in [0.1, 0.15) is 6.61 Å². The predicted molar refractivity (Wildman–Crippen MR) is 77.3 cm³/mol. The topological polar surface area (TPSA) is 50.4 Å². The fourth-order valence-corrected chi connectivity index (χ4v) is 3.44. The van der Waals surface area contributed by atoms with Gasteiger partial charge in [0.2, 0.25) is 0 Å². The summed E-state index contributed by atoms with van der Waals surface area (Å²) in [5.74, 6) is 1.50. The zero-order valence-corrected chi connectivity index (χ0v) is 11.7. The number of alkyl carbamates (subject to hydrolysis) is 1. The molecule has 0 spiro atoms. The molecule has 1 aromatic rings. The van der Waals surface area contributed by atoms with Crippen LogP contribution in [-0.4, -0.2) is 25.2 Å². The van der Waals surface area contributed by atoms with Gasteiger partial charge in [0, 0.05) is 6.04 Å². The summed E-state index contributed by atoms with van der Waals surface area (Å²) in [4.78, 5) is 11.8. The van der Waals surface area contributed by atoms with Gasteiger partial charge in [0.25, 0.3) is 0 Å². The first-order valence-electron chi connectivity index (χ1n) is 7.49. The Morgan fingerprint density at radius 3 is 2.85 bits per heavy atom. The largest absolute Gasteiger partial charge is 0.445 e. The minimum atomic E-state index is -0.287. The highest BCUT2D eigenvalue weighted by Crippen LogP contribution is 2.35. The van der Waals surface area contributed by atoms with E-state index in [0.29, 0.717) is 6.61 Å². The van der Waals surface area contributed by atoms with Gasteiger partial charge in [-0.2, -0.15) is 0 Å². The lowest BCUT2D eigenvalue weighted by molar-refractivity contribution is 0.135. The maximum atomic E-state index is 11.8. The fourth-order valence-electron chi connectivity index (χ4n) is 3.44. The standard InChI is InChI=1S/C16H22N2O2/c19-16(20-11-12-4-2-1-3-5-12)18-15-8-13-6-7-17-10-14(13)9-15/h1-5,13-15,17H,6-11H2,(H,18,19)/t13-,14-,15+/m0/s1. The van der Waals surface area contributed by atoms with E-state index < -0.39 is 0 Å². The molecule has 4 nitrogen and oxygen atoms in total. The second-order valence-electron chi connectivity index (χ2n) is 5.89. The van der Waals surface area contributed by atoms with Crippen molar-refractivity contribution in [2.45, 2.75) is 31.9 Å². The van der Waals surface area contributed by atoms with Gasteiger partial charge >= 0.3 is 6.09 Å². The minimum Gasteiger partial charge on any atom is -0.445 e. The van der Waals surface area contributed by atoms with Crippen LogP contribution in [0.2, 0.25) is 0 Å². The van der Waals surface area contributed by atoms with Crippen LogP contribution in [0.1, 0.15) is 24.8 Å². The van der Waals surface area contributed by atoms with Crippen LogP contribution in [0.3, 0.4) is 0 Å². The SMILES string of the molecule is O=C(N[C@H]1C[C@H]2CNCC[C@H]2C1)OCc1ccccc1. The normalized spacial score (nSPS) is 28.7. The van der Waals surface area contributed by atoms with E-state index in [2.05, 4.69) is 10.6 Å².